The Morgan fingerprint density at radius 1 is 1.36 bits per heavy atom. The topological polar surface area (TPSA) is 61.8 Å². The number of halogens is 1. The van der Waals surface area contributed by atoms with Crippen molar-refractivity contribution in [2.24, 2.45) is 0 Å². The van der Waals surface area contributed by atoms with E-state index >= 15 is 0 Å². The maximum Gasteiger partial charge on any atom is 0.253 e. The molecule has 0 atom stereocenters. The number of ether oxygens (including phenoxy) is 1. The van der Waals surface area contributed by atoms with E-state index in [1.807, 2.05) is 0 Å². The summed E-state index contributed by atoms with van der Waals surface area (Å²) in [6.45, 7) is 0.286. The van der Waals surface area contributed by atoms with Crippen LogP contribution in [0, 0.1) is 0 Å². The van der Waals surface area contributed by atoms with Crippen molar-refractivity contribution in [3.63, 3.8) is 0 Å². The van der Waals surface area contributed by atoms with E-state index in [1.54, 1.807) is 20.2 Å². The highest BCUT2D eigenvalue weighted by Crippen LogP contribution is 2.33. The number of hydrogen-bond acceptors (Lipinski definition) is 4. The van der Waals surface area contributed by atoms with Crippen LogP contribution in [0.25, 0.3) is 0 Å². The van der Waals surface area contributed by atoms with E-state index in [0.717, 1.165) is 12.8 Å². The van der Waals surface area contributed by atoms with Gasteiger partial charge in [-0.1, -0.05) is 30.9 Å². The number of phenolic OH excluding ortho intramolecular Hbond substituents is 1. The molecule has 1 aliphatic carbocycles. The van der Waals surface area contributed by atoms with Gasteiger partial charge in [-0.3, -0.25) is 4.79 Å². The minimum absolute atomic E-state index is 0.0655. The van der Waals surface area contributed by atoms with Crippen molar-refractivity contribution in [2.45, 2.75) is 38.2 Å². The summed E-state index contributed by atoms with van der Waals surface area (Å²) in [5, 5.41) is 13.2. The number of nitrogens with zero attached hydrogens (tertiary/aromatic N) is 1. The van der Waals surface area contributed by atoms with Gasteiger partial charge in [-0.2, -0.15) is 0 Å². The molecule has 0 unspecified atom stereocenters. The van der Waals surface area contributed by atoms with Crippen molar-refractivity contribution in [3.05, 3.63) is 22.7 Å². The van der Waals surface area contributed by atoms with Crippen molar-refractivity contribution >= 4 is 23.2 Å². The molecule has 0 bridgehead atoms. The number of benzene rings is 1. The lowest BCUT2D eigenvalue weighted by molar-refractivity contribution is 0.0399. The van der Waals surface area contributed by atoms with Crippen molar-refractivity contribution in [2.75, 3.05) is 26.1 Å². The Balaban J connectivity index is 2.01. The van der Waals surface area contributed by atoms with E-state index in [0.29, 0.717) is 11.3 Å². The van der Waals surface area contributed by atoms with Crippen molar-refractivity contribution < 1.29 is 14.6 Å². The fraction of sp³-hybridized carbons (Fsp3) is 0.562. The molecular weight excluding hydrogens is 304 g/mol. The number of rotatable bonds is 5. The molecule has 0 spiro atoms. The lowest BCUT2D eigenvalue weighted by Crippen LogP contribution is -2.22. The van der Waals surface area contributed by atoms with Crippen LogP contribution in [0.4, 0.5) is 5.69 Å². The number of hydrogen-bond donors (Lipinski definition) is 2. The standard InChI is InChI=1S/C16H23ClN2O3/c1-19(2)16(21)11-8-13(17)15(20)14(9-11)18-10-22-12-6-4-3-5-7-12/h8-9,12,18,20H,3-7,10H2,1-2H3. The fourth-order valence-corrected chi connectivity index (χ4v) is 2.80. The zero-order chi connectivity index (χ0) is 16.1. The molecule has 0 aromatic heterocycles. The smallest absolute Gasteiger partial charge is 0.253 e. The minimum Gasteiger partial charge on any atom is -0.504 e. The minimum atomic E-state index is -0.168. The first-order chi connectivity index (χ1) is 10.5. The van der Waals surface area contributed by atoms with Gasteiger partial charge in [0.05, 0.1) is 16.8 Å². The lowest BCUT2D eigenvalue weighted by Gasteiger charge is -2.22. The van der Waals surface area contributed by atoms with Gasteiger partial charge >= 0.3 is 0 Å². The summed E-state index contributed by atoms with van der Waals surface area (Å²) in [5.41, 5.74) is 0.835. The van der Waals surface area contributed by atoms with Crippen LogP contribution in [0.3, 0.4) is 0 Å². The van der Waals surface area contributed by atoms with Gasteiger partial charge in [-0.15, -0.1) is 0 Å². The molecule has 1 aliphatic rings. The largest absolute Gasteiger partial charge is 0.504 e. The van der Waals surface area contributed by atoms with Gasteiger partial charge in [0.1, 0.15) is 6.73 Å². The highest BCUT2D eigenvalue weighted by Gasteiger charge is 2.16. The van der Waals surface area contributed by atoms with Gasteiger partial charge in [-0.25, -0.2) is 0 Å². The number of aromatic hydroxyl groups is 1. The second kappa shape index (κ2) is 7.70. The summed E-state index contributed by atoms with van der Waals surface area (Å²) in [6.07, 6.45) is 6.10. The fourth-order valence-electron chi connectivity index (χ4n) is 2.58. The summed E-state index contributed by atoms with van der Waals surface area (Å²) in [6, 6.07) is 3.06. The third-order valence-corrected chi connectivity index (χ3v) is 4.14. The van der Waals surface area contributed by atoms with Gasteiger partial charge in [-0.05, 0) is 25.0 Å². The molecule has 2 N–H and O–H groups in total. The number of carbonyl (C=O) groups excluding carboxylic acids is 1. The molecule has 122 valence electrons. The average Bonchev–Trinajstić information content (AvgIpc) is 2.51. The maximum absolute atomic E-state index is 12.0. The molecule has 0 aliphatic heterocycles. The molecule has 2 rings (SSSR count). The highest BCUT2D eigenvalue weighted by atomic mass is 35.5. The van der Waals surface area contributed by atoms with E-state index in [4.69, 9.17) is 16.3 Å². The third-order valence-electron chi connectivity index (χ3n) is 3.85. The number of phenols is 1. The quantitative estimate of drug-likeness (QED) is 0.642. The summed E-state index contributed by atoms with van der Waals surface area (Å²) in [7, 11) is 3.34. The number of nitrogens with one attached hydrogen (secondary N) is 1. The average molecular weight is 327 g/mol. The lowest BCUT2D eigenvalue weighted by atomic mass is 9.98. The summed E-state index contributed by atoms with van der Waals surface area (Å²) in [5.74, 6) is -0.234. The molecule has 5 nitrogen and oxygen atoms in total. The number of anilines is 1. The normalized spacial score (nSPS) is 15.6. The SMILES string of the molecule is CN(C)C(=O)c1cc(Cl)c(O)c(NCOC2CCCCC2)c1. The second-order valence-corrected chi connectivity index (χ2v) is 6.21. The Morgan fingerprint density at radius 3 is 2.68 bits per heavy atom. The van der Waals surface area contributed by atoms with E-state index in [-0.39, 0.29) is 29.5 Å². The van der Waals surface area contributed by atoms with Crippen LogP contribution in [-0.4, -0.2) is 42.8 Å². The van der Waals surface area contributed by atoms with Crippen LogP contribution < -0.4 is 5.32 Å². The first-order valence-corrected chi connectivity index (χ1v) is 7.96. The third kappa shape index (κ3) is 4.27. The molecule has 22 heavy (non-hydrogen) atoms. The molecule has 0 heterocycles. The van der Waals surface area contributed by atoms with Crippen LogP contribution in [0.2, 0.25) is 5.02 Å². The van der Waals surface area contributed by atoms with E-state index in [2.05, 4.69) is 5.32 Å². The first kappa shape index (κ1) is 16.9. The van der Waals surface area contributed by atoms with E-state index in [1.165, 1.54) is 30.2 Å². The zero-order valence-electron chi connectivity index (χ0n) is 13.1. The summed E-state index contributed by atoms with van der Waals surface area (Å²) < 4.78 is 5.77. The van der Waals surface area contributed by atoms with Gasteiger partial charge < -0.3 is 20.1 Å². The van der Waals surface area contributed by atoms with Gasteiger partial charge in [0, 0.05) is 19.7 Å². The van der Waals surface area contributed by atoms with Crippen LogP contribution in [0.5, 0.6) is 5.75 Å². The summed E-state index contributed by atoms with van der Waals surface area (Å²) >= 11 is 5.99. The number of carbonyl (C=O) groups is 1. The molecule has 0 radical (unpaired) electrons. The van der Waals surface area contributed by atoms with Crippen LogP contribution in [0.15, 0.2) is 12.1 Å². The van der Waals surface area contributed by atoms with Gasteiger partial charge in [0.25, 0.3) is 5.91 Å². The van der Waals surface area contributed by atoms with E-state index in [9.17, 15) is 9.90 Å². The first-order valence-electron chi connectivity index (χ1n) is 7.58. The molecule has 1 saturated carbocycles. The molecule has 6 heteroatoms. The Kier molecular flexibility index (Phi) is 5.91. The molecule has 1 fully saturated rings. The van der Waals surface area contributed by atoms with Crippen LogP contribution in [-0.2, 0) is 4.74 Å². The Labute approximate surface area is 136 Å². The van der Waals surface area contributed by atoms with Crippen molar-refractivity contribution in [1.82, 2.24) is 4.90 Å². The van der Waals surface area contributed by atoms with Crippen LogP contribution in [0.1, 0.15) is 42.5 Å². The monoisotopic (exact) mass is 326 g/mol. The summed E-state index contributed by atoms with van der Waals surface area (Å²) in [4.78, 5) is 13.5. The van der Waals surface area contributed by atoms with Gasteiger partial charge in [0.15, 0.2) is 5.75 Å². The van der Waals surface area contributed by atoms with Crippen molar-refractivity contribution in [3.8, 4) is 5.75 Å². The highest BCUT2D eigenvalue weighted by molar-refractivity contribution is 6.33. The molecule has 0 saturated heterocycles. The molecule has 1 aromatic rings. The van der Waals surface area contributed by atoms with Gasteiger partial charge in [0.2, 0.25) is 0 Å². The van der Waals surface area contributed by atoms with E-state index < -0.39 is 0 Å². The molecule has 1 aromatic carbocycles. The zero-order valence-corrected chi connectivity index (χ0v) is 13.8. The Morgan fingerprint density at radius 2 is 2.05 bits per heavy atom. The molecular formula is C16H23ClN2O3. The van der Waals surface area contributed by atoms with Crippen molar-refractivity contribution in [1.29, 1.82) is 0 Å². The molecule has 1 amide bonds. The Hall–Kier alpha value is -1.46. The second-order valence-electron chi connectivity index (χ2n) is 5.80. The number of amides is 1. The predicted molar refractivity (Wildman–Crippen MR) is 87.6 cm³/mol. The Bertz CT molecular complexity index is 528. The maximum atomic E-state index is 12.0. The predicted octanol–water partition coefficient (Wildman–Crippen LogP) is 3.47. The van der Waals surface area contributed by atoms with Crippen LogP contribution >= 0.6 is 11.6 Å².